The molecule has 1 aromatic rings. The minimum absolute atomic E-state index is 0.0735. The lowest BCUT2D eigenvalue weighted by Crippen LogP contribution is -2.46. The first-order valence-corrected chi connectivity index (χ1v) is 7.94. The van der Waals surface area contributed by atoms with Crippen LogP contribution in [0, 0.1) is 0 Å². The fourth-order valence-electron chi connectivity index (χ4n) is 3.08. The summed E-state index contributed by atoms with van der Waals surface area (Å²) in [4.78, 5) is 21.4. The average Bonchev–Trinajstić information content (AvgIpc) is 2.85. The maximum absolute atomic E-state index is 13.8. The summed E-state index contributed by atoms with van der Waals surface area (Å²) in [6, 6.07) is 0.166. The summed E-state index contributed by atoms with van der Waals surface area (Å²) in [6.45, 7) is 3.45. The maximum atomic E-state index is 13.8. The molecule has 3 heterocycles. The number of carbonyl (C=O) groups is 1. The first-order valence-electron chi connectivity index (χ1n) is 7.94. The van der Waals surface area contributed by atoms with E-state index in [0.29, 0.717) is 37.4 Å². The van der Waals surface area contributed by atoms with E-state index in [1.54, 1.807) is 0 Å². The van der Waals surface area contributed by atoms with Gasteiger partial charge in [0.05, 0.1) is 18.3 Å². The largest absolute Gasteiger partial charge is 0.461 e. The van der Waals surface area contributed by atoms with Gasteiger partial charge in [0.1, 0.15) is 18.5 Å². The number of nitrogens with zero attached hydrogens (tertiary/aromatic N) is 3. The molecule has 1 fully saturated rings. The van der Waals surface area contributed by atoms with E-state index >= 15 is 0 Å². The van der Waals surface area contributed by atoms with Gasteiger partial charge in [-0.2, -0.15) is 9.97 Å². The van der Waals surface area contributed by atoms with Gasteiger partial charge in [-0.3, -0.25) is 4.90 Å². The molecule has 9 heteroatoms. The van der Waals surface area contributed by atoms with Crippen LogP contribution in [0.15, 0.2) is 6.20 Å². The molecule has 24 heavy (non-hydrogen) atoms. The number of ether oxygens (including phenoxy) is 2. The highest BCUT2D eigenvalue weighted by atomic mass is 19.1. The van der Waals surface area contributed by atoms with Crippen LogP contribution in [-0.2, 0) is 6.54 Å². The SMILES string of the molecule is C[C@@]1(COc2ncc3c(n2)CNC(=O)O3)C[C@@H](F)CN1CCCO. The van der Waals surface area contributed by atoms with Gasteiger partial charge in [0, 0.05) is 26.1 Å². The molecule has 0 bridgehead atoms. The molecular formula is C15H21FN4O4. The lowest BCUT2D eigenvalue weighted by Gasteiger charge is -2.34. The first kappa shape index (κ1) is 16.8. The van der Waals surface area contributed by atoms with E-state index in [2.05, 4.69) is 15.3 Å². The second-order valence-electron chi connectivity index (χ2n) is 6.32. The number of hydrogen-bond donors (Lipinski definition) is 2. The monoisotopic (exact) mass is 340 g/mol. The highest BCUT2D eigenvalue weighted by Crippen LogP contribution is 2.31. The number of rotatable bonds is 6. The zero-order chi connectivity index (χ0) is 17.2. The predicted molar refractivity (Wildman–Crippen MR) is 81.6 cm³/mol. The highest BCUT2D eigenvalue weighted by molar-refractivity contribution is 5.72. The number of amides is 1. The fraction of sp³-hybridized carbons (Fsp3) is 0.667. The number of fused-ring (bicyclic) bond motifs is 1. The molecule has 2 N–H and O–H groups in total. The molecule has 0 saturated carbocycles. The van der Waals surface area contributed by atoms with Crippen LogP contribution in [0.4, 0.5) is 9.18 Å². The van der Waals surface area contributed by atoms with Gasteiger partial charge in [-0.15, -0.1) is 0 Å². The van der Waals surface area contributed by atoms with E-state index in [9.17, 15) is 9.18 Å². The molecule has 2 atom stereocenters. The van der Waals surface area contributed by atoms with E-state index in [0.717, 1.165) is 0 Å². The number of halogens is 1. The Bertz CT molecular complexity index is 617. The topological polar surface area (TPSA) is 96.8 Å². The Morgan fingerprint density at radius 2 is 2.46 bits per heavy atom. The molecular weight excluding hydrogens is 319 g/mol. The van der Waals surface area contributed by atoms with Crippen LogP contribution in [0.5, 0.6) is 11.8 Å². The van der Waals surface area contributed by atoms with Crippen LogP contribution in [0.2, 0.25) is 0 Å². The third-order valence-electron chi connectivity index (χ3n) is 4.35. The minimum atomic E-state index is -0.912. The normalized spacial score (nSPS) is 26.6. The molecule has 0 aliphatic carbocycles. The van der Waals surface area contributed by atoms with Crippen molar-refractivity contribution in [3.8, 4) is 11.8 Å². The Balaban J connectivity index is 1.65. The van der Waals surface area contributed by atoms with Crippen LogP contribution in [-0.4, -0.2) is 64.1 Å². The van der Waals surface area contributed by atoms with Crippen molar-refractivity contribution in [3.63, 3.8) is 0 Å². The summed E-state index contributed by atoms with van der Waals surface area (Å²) < 4.78 is 24.5. The van der Waals surface area contributed by atoms with Gasteiger partial charge in [0.15, 0.2) is 5.75 Å². The molecule has 0 unspecified atom stereocenters. The molecule has 3 rings (SSSR count). The molecule has 2 aliphatic heterocycles. The third kappa shape index (κ3) is 3.57. The number of aromatic nitrogens is 2. The summed E-state index contributed by atoms with van der Waals surface area (Å²) in [6.07, 6.45) is 0.906. The second-order valence-corrected chi connectivity index (χ2v) is 6.32. The summed E-state index contributed by atoms with van der Waals surface area (Å²) >= 11 is 0. The van der Waals surface area contributed by atoms with Gasteiger partial charge in [0.2, 0.25) is 0 Å². The molecule has 0 spiro atoms. The van der Waals surface area contributed by atoms with Crippen molar-refractivity contribution in [2.45, 2.75) is 38.0 Å². The Kier molecular flexibility index (Phi) is 4.81. The van der Waals surface area contributed by atoms with Crippen molar-refractivity contribution < 1.29 is 23.8 Å². The van der Waals surface area contributed by atoms with Crippen molar-refractivity contribution in [1.29, 1.82) is 0 Å². The number of hydrogen-bond acceptors (Lipinski definition) is 7. The summed E-state index contributed by atoms with van der Waals surface area (Å²) in [5, 5.41) is 11.5. The lowest BCUT2D eigenvalue weighted by atomic mass is 9.99. The molecule has 8 nitrogen and oxygen atoms in total. The molecule has 1 saturated heterocycles. The third-order valence-corrected chi connectivity index (χ3v) is 4.35. The average molecular weight is 340 g/mol. The van der Waals surface area contributed by atoms with E-state index in [1.165, 1.54) is 6.20 Å². The fourth-order valence-corrected chi connectivity index (χ4v) is 3.08. The standard InChI is InChI=1S/C15H21FN4O4/c1-15(5-10(16)8-20(15)3-2-4-21)9-23-13-17-7-12-11(19-13)6-18-14(22)24-12/h7,10,21H,2-6,8-9H2,1H3,(H,18,22)/t10-,15+/m1/s1. The zero-order valence-corrected chi connectivity index (χ0v) is 13.5. The lowest BCUT2D eigenvalue weighted by molar-refractivity contribution is 0.0799. The number of carbonyl (C=O) groups excluding carboxylic acids is 1. The summed E-state index contributed by atoms with van der Waals surface area (Å²) in [7, 11) is 0. The van der Waals surface area contributed by atoms with Gasteiger partial charge in [-0.25, -0.2) is 9.18 Å². The molecule has 2 aliphatic rings. The Morgan fingerprint density at radius 1 is 1.62 bits per heavy atom. The van der Waals surface area contributed by atoms with E-state index < -0.39 is 17.8 Å². The van der Waals surface area contributed by atoms with Crippen molar-refractivity contribution in [2.75, 3.05) is 26.3 Å². The minimum Gasteiger partial charge on any atom is -0.461 e. The maximum Gasteiger partial charge on any atom is 0.413 e. The number of nitrogens with one attached hydrogen (secondary N) is 1. The van der Waals surface area contributed by atoms with E-state index in [4.69, 9.17) is 14.6 Å². The van der Waals surface area contributed by atoms with Gasteiger partial charge >= 0.3 is 12.1 Å². The van der Waals surface area contributed by atoms with Crippen molar-refractivity contribution in [1.82, 2.24) is 20.2 Å². The van der Waals surface area contributed by atoms with Crippen LogP contribution in [0.25, 0.3) is 0 Å². The smallest absolute Gasteiger partial charge is 0.413 e. The van der Waals surface area contributed by atoms with Crippen LogP contribution in [0.3, 0.4) is 0 Å². The molecule has 0 radical (unpaired) electrons. The molecule has 132 valence electrons. The Labute approximate surface area is 139 Å². The van der Waals surface area contributed by atoms with E-state index in [-0.39, 0.29) is 25.8 Å². The second kappa shape index (κ2) is 6.86. The summed E-state index contributed by atoms with van der Waals surface area (Å²) in [5.74, 6) is 0.312. The van der Waals surface area contributed by atoms with Gasteiger partial charge < -0.3 is 19.9 Å². The van der Waals surface area contributed by atoms with Crippen molar-refractivity contribution in [3.05, 3.63) is 11.9 Å². The highest BCUT2D eigenvalue weighted by Gasteiger charge is 2.42. The molecule has 1 aromatic heterocycles. The number of aliphatic hydroxyl groups excluding tert-OH is 1. The van der Waals surface area contributed by atoms with Crippen molar-refractivity contribution >= 4 is 6.09 Å². The summed E-state index contributed by atoms with van der Waals surface area (Å²) in [5.41, 5.74) is 0.0649. The zero-order valence-electron chi connectivity index (χ0n) is 13.5. The van der Waals surface area contributed by atoms with Gasteiger partial charge in [-0.1, -0.05) is 0 Å². The van der Waals surface area contributed by atoms with Crippen LogP contribution < -0.4 is 14.8 Å². The first-order chi connectivity index (χ1) is 11.5. The Morgan fingerprint density at radius 3 is 3.25 bits per heavy atom. The molecule has 0 aromatic carbocycles. The molecule has 1 amide bonds. The quantitative estimate of drug-likeness (QED) is 0.784. The van der Waals surface area contributed by atoms with Crippen LogP contribution >= 0.6 is 0 Å². The number of alkyl halides is 1. The Hall–Kier alpha value is -2.00. The van der Waals surface area contributed by atoms with Gasteiger partial charge in [-0.05, 0) is 13.3 Å². The van der Waals surface area contributed by atoms with Crippen LogP contribution in [0.1, 0.15) is 25.5 Å². The van der Waals surface area contributed by atoms with Gasteiger partial charge in [0.25, 0.3) is 0 Å². The van der Waals surface area contributed by atoms with Crippen molar-refractivity contribution in [2.24, 2.45) is 0 Å². The number of aliphatic hydroxyl groups is 1. The predicted octanol–water partition coefficient (Wildman–Crippen LogP) is 0.642. The number of likely N-dealkylation sites (tertiary alicyclic amines) is 1. The van der Waals surface area contributed by atoms with E-state index in [1.807, 2.05) is 11.8 Å².